The zero-order valence-corrected chi connectivity index (χ0v) is 30.4. The Kier molecular flexibility index (Phi) is 6.41. The van der Waals surface area contributed by atoms with Crippen LogP contribution in [0.3, 0.4) is 0 Å². The second-order valence-corrected chi connectivity index (χ2v) is 16.1. The molecular formula is C51H42. The number of hydrogen-bond acceptors (Lipinski definition) is 0. The molecule has 246 valence electrons. The Morgan fingerprint density at radius 3 is 1.10 bits per heavy atom. The van der Waals surface area contributed by atoms with Crippen molar-refractivity contribution in [1.29, 1.82) is 0 Å². The van der Waals surface area contributed by atoms with Crippen molar-refractivity contribution in [3.63, 3.8) is 0 Å². The zero-order valence-electron chi connectivity index (χ0n) is 30.4. The Balaban J connectivity index is 1.14. The molecule has 0 saturated carbocycles. The van der Waals surface area contributed by atoms with Gasteiger partial charge in [0, 0.05) is 5.41 Å². The van der Waals surface area contributed by atoms with Gasteiger partial charge in [0.15, 0.2) is 0 Å². The molecule has 0 saturated heterocycles. The van der Waals surface area contributed by atoms with Gasteiger partial charge >= 0.3 is 0 Å². The molecule has 0 aromatic heterocycles. The lowest BCUT2D eigenvalue weighted by molar-refractivity contribution is 0.658. The summed E-state index contributed by atoms with van der Waals surface area (Å²) >= 11 is 0. The number of rotatable bonds is 4. The lowest BCUT2D eigenvalue weighted by Gasteiger charge is -2.24. The third kappa shape index (κ3) is 4.32. The third-order valence-electron chi connectivity index (χ3n) is 12.1. The Morgan fingerprint density at radius 2 is 0.667 bits per heavy atom. The van der Waals surface area contributed by atoms with Gasteiger partial charge in [-0.25, -0.2) is 0 Å². The molecule has 0 radical (unpaired) electrons. The molecular weight excluding hydrogens is 613 g/mol. The quantitative estimate of drug-likeness (QED) is 0.166. The van der Waals surface area contributed by atoms with E-state index in [2.05, 4.69) is 175 Å². The summed E-state index contributed by atoms with van der Waals surface area (Å²) in [7, 11) is 0. The van der Waals surface area contributed by atoms with Gasteiger partial charge < -0.3 is 0 Å². The van der Waals surface area contributed by atoms with E-state index >= 15 is 0 Å². The maximum absolute atomic E-state index is 2.51. The maximum Gasteiger partial charge on any atom is 0.0159 e. The predicted octanol–water partition coefficient (Wildman–Crippen LogP) is 14.8. The van der Waals surface area contributed by atoms with Gasteiger partial charge in [-0.15, -0.1) is 0 Å². The first-order chi connectivity index (χ1) is 24.7. The topological polar surface area (TPSA) is 0 Å². The predicted molar refractivity (Wildman–Crippen MR) is 223 cm³/mol. The Hall–Kier alpha value is -5.46. The maximum atomic E-state index is 2.51. The number of fused-ring (bicyclic) bond motifs is 9. The highest BCUT2D eigenvalue weighted by atomic mass is 14.4. The molecule has 0 N–H and O–H groups in total. The highest BCUT2D eigenvalue weighted by Gasteiger charge is 2.36. The van der Waals surface area contributed by atoms with Gasteiger partial charge in [-0.2, -0.15) is 0 Å². The standard InChI is InChI=1S/C51H42/c1-29(2)35-25-45-42-22-20-34(24-44(42)46-26-36(30(3)4)28-48-50(46)49(45)47(27-35)51(48,5)6)32-17-15-31(16-18-32)33-19-21-41-39-13-8-7-11-37(39)38-12-9-10-14-40(38)43(41)23-33/h7-30H,1-6H3. The summed E-state index contributed by atoms with van der Waals surface area (Å²) < 4.78 is 0. The van der Waals surface area contributed by atoms with Gasteiger partial charge in [-0.1, -0.05) is 163 Å². The molecule has 0 atom stereocenters. The van der Waals surface area contributed by atoms with Crippen molar-refractivity contribution >= 4 is 64.6 Å². The molecule has 0 heterocycles. The summed E-state index contributed by atoms with van der Waals surface area (Å²) in [6, 6.07) is 51.0. The largest absolute Gasteiger partial charge is 0.0616 e. The van der Waals surface area contributed by atoms with E-state index in [1.165, 1.54) is 109 Å². The first-order valence-electron chi connectivity index (χ1n) is 18.6. The van der Waals surface area contributed by atoms with Crippen LogP contribution in [-0.4, -0.2) is 0 Å². The monoisotopic (exact) mass is 654 g/mol. The minimum atomic E-state index is -0.0349. The van der Waals surface area contributed by atoms with Crippen molar-refractivity contribution in [2.75, 3.05) is 0 Å². The lowest BCUT2D eigenvalue weighted by atomic mass is 9.79. The molecule has 51 heavy (non-hydrogen) atoms. The fraction of sp³-hybridized carbons (Fsp3) is 0.176. The van der Waals surface area contributed by atoms with Gasteiger partial charge in [-0.3, -0.25) is 0 Å². The number of benzene rings is 9. The molecule has 9 aromatic carbocycles. The van der Waals surface area contributed by atoms with Crippen LogP contribution in [0, 0.1) is 0 Å². The molecule has 1 aliphatic rings. The highest BCUT2D eigenvalue weighted by molar-refractivity contribution is 6.30. The normalized spacial score (nSPS) is 13.8. The van der Waals surface area contributed by atoms with E-state index in [0.29, 0.717) is 11.8 Å². The molecule has 0 amide bonds. The number of hydrogen-bond donors (Lipinski definition) is 0. The van der Waals surface area contributed by atoms with Crippen molar-refractivity contribution in [2.24, 2.45) is 0 Å². The molecule has 0 aliphatic heterocycles. The molecule has 1 aliphatic carbocycles. The van der Waals surface area contributed by atoms with Crippen LogP contribution >= 0.6 is 0 Å². The summed E-state index contributed by atoms with van der Waals surface area (Å²) in [4.78, 5) is 0. The van der Waals surface area contributed by atoms with Crippen molar-refractivity contribution in [1.82, 2.24) is 0 Å². The first kappa shape index (κ1) is 30.4. The van der Waals surface area contributed by atoms with Crippen molar-refractivity contribution in [3.05, 3.63) is 156 Å². The van der Waals surface area contributed by atoms with Crippen LogP contribution in [0.5, 0.6) is 0 Å². The van der Waals surface area contributed by atoms with Gasteiger partial charge in [0.1, 0.15) is 0 Å². The third-order valence-corrected chi connectivity index (χ3v) is 12.1. The van der Waals surface area contributed by atoms with E-state index in [1.807, 2.05) is 0 Å². The van der Waals surface area contributed by atoms with Crippen molar-refractivity contribution in [3.8, 4) is 22.3 Å². The fourth-order valence-corrected chi connectivity index (χ4v) is 9.21. The molecule has 0 bridgehead atoms. The molecule has 0 spiro atoms. The van der Waals surface area contributed by atoms with Crippen LogP contribution in [0.25, 0.3) is 86.9 Å². The average molecular weight is 655 g/mol. The summed E-state index contributed by atoms with van der Waals surface area (Å²) in [5, 5.41) is 16.3. The van der Waals surface area contributed by atoms with Crippen molar-refractivity contribution in [2.45, 2.75) is 58.8 Å². The van der Waals surface area contributed by atoms with E-state index in [1.54, 1.807) is 0 Å². The highest BCUT2D eigenvalue weighted by Crippen LogP contribution is 2.53. The molecule has 0 unspecified atom stereocenters. The Morgan fingerprint density at radius 1 is 0.333 bits per heavy atom. The fourth-order valence-electron chi connectivity index (χ4n) is 9.21. The van der Waals surface area contributed by atoms with E-state index < -0.39 is 0 Å². The molecule has 0 nitrogen and oxygen atoms in total. The summed E-state index contributed by atoms with van der Waals surface area (Å²) in [5.74, 6) is 0.935. The average Bonchev–Trinajstić information content (AvgIpc) is 3.39. The Labute approximate surface area is 300 Å². The SMILES string of the molecule is CC(C)c1cc2c3c(c1)c1ccc(-c4ccc(-c5ccc6c7ccccc7c7ccccc7c6c5)cc4)cc1c1cc(C(C)C)cc(c13)C2(C)C. The van der Waals surface area contributed by atoms with Crippen LogP contribution < -0.4 is 0 Å². The minimum Gasteiger partial charge on any atom is -0.0616 e. The van der Waals surface area contributed by atoms with Crippen LogP contribution in [-0.2, 0) is 5.41 Å². The lowest BCUT2D eigenvalue weighted by Crippen LogP contribution is -2.16. The molecule has 0 fully saturated rings. The van der Waals surface area contributed by atoms with Crippen LogP contribution in [0.2, 0.25) is 0 Å². The summed E-state index contributed by atoms with van der Waals surface area (Å²) in [6.45, 7) is 14.2. The second kappa shape index (κ2) is 10.8. The zero-order chi connectivity index (χ0) is 34.8. The van der Waals surface area contributed by atoms with Gasteiger partial charge in [0.05, 0.1) is 0 Å². The summed E-state index contributed by atoms with van der Waals surface area (Å²) in [5.41, 5.74) is 10.8. The van der Waals surface area contributed by atoms with Crippen LogP contribution in [0.1, 0.15) is 75.6 Å². The second-order valence-electron chi connectivity index (χ2n) is 16.1. The van der Waals surface area contributed by atoms with Gasteiger partial charge in [0.25, 0.3) is 0 Å². The first-order valence-corrected chi connectivity index (χ1v) is 18.6. The van der Waals surface area contributed by atoms with Gasteiger partial charge in [-0.05, 0) is 133 Å². The van der Waals surface area contributed by atoms with Crippen LogP contribution in [0.4, 0.5) is 0 Å². The minimum absolute atomic E-state index is 0.0349. The van der Waals surface area contributed by atoms with Crippen LogP contribution in [0.15, 0.2) is 133 Å². The molecule has 10 rings (SSSR count). The summed E-state index contributed by atoms with van der Waals surface area (Å²) in [6.07, 6.45) is 0. The van der Waals surface area contributed by atoms with E-state index in [4.69, 9.17) is 0 Å². The smallest absolute Gasteiger partial charge is 0.0159 e. The van der Waals surface area contributed by atoms with E-state index in [0.717, 1.165) is 0 Å². The van der Waals surface area contributed by atoms with Gasteiger partial charge in [0.2, 0.25) is 0 Å². The van der Waals surface area contributed by atoms with E-state index in [9.17, 15) is 0 Å². The Bertz CT molecular complexity index is 2880. The molecule has 0 heteroatoms. The van der Waals surface area contributed by atoms with Crippen molar-refractivity contribution < 1.29 is 0 Å². The van der Waals surface area contributed by atoms with E-state index in [-0.39, 0.29) is 5.41 Å². The molecule has 9 aromatic rings.